The largest absolute Gasteiger partial charge is 0.487 e. The third kappa shape index (κ3) is 4.73. The Balaban J connectivity index is 1.56. The van der Waals surface area contributed by atoms with Crippen molar-refractivity contribution in [2.24, 2.45) is 0 Å². The summed E-state index contributed by atoms with van der Waals surface area (Å²) in [5.41, 5.74) is 1.93. The summed E-state index contributed by atoms with van der Waals surface area (Å²) >= 11 is 0. The summed E-state index contributed by atoms with van der Waals surface area (Å²) in [6.45, 7) is 13.1. The maximum Gasteiger partial charge on any atom is 0.487 e. The summed E-state index contributed by atoms with van der Waals surface area (Å²) < 4.78 is 17.5. The van der Waals surface area contributed by atoms with Crippen LogP contribution in [0.4, 0.5) is 0 Å². The van der Waals surface area contributed by atoms with E-state index in [1.165, 1.54) is 5.56 Å². The average molecular weight is 343 g/mol. The summed E-state index contributed by atoms with van der Waals surface area (Å²) in [7, 11) is -0.290. The second-order valence-corrected chi connectivity index (χ2v) is 7.97. The van der Waals surface area contributed by atoms with E-state index in [2.05, 4.69) is 62.9 Å². The van der Waals surface area contributed by atoms with Crippen LogP contribution < -0.4 is 0 Å². The molecule has 0 radical (unpaired) electrons. The molecule has 1 aromatic rings. The highest BCUT2D eigenvalue weighted by atomic mass is 16.7. The van der Waals surface area contributed by atoms with Crippen LogP contribution in [0.5, 0.6) is 0 Å². The second-order valence-electron chi connectivity index (χ2n) is 7.97. The molecule has 0 N–H and O–H groups in total. The van der Waals surface area contributed by atoms with E-state index < -0.39 is 0 Å². The SMILES string of the molecule is CC1(C)OB(C=Cc2ccc(CN3CCCOCC3)cc2)OC1(C)C. The maximum atomic E-state index is 5.99. The Morgan fingerprint density at radius 2 is 1.68 bits per heavy atom. The first-order valence-electron chi connectivity index (χ1n) is 9.29. The van der Waals surface area contributed by atoms with Gasteiger partial charge >= 0.3 is 7.12 Å². The van der Waals surface area contributed by atoms with Crippen molar-refractivity contribution in [2.45, 2.75) is 51.9 Å². The molecule has 0 aromatic heterocycles. The molecule has 4 nitrogen and oxygen atoms in total. The van der Waals surface area contributed by atoms with Gasteiger partial charge in [-0.15, -0.1) is 0 Å². The van der Waals surface area contributed by atoms with E-state index in [9.17, 15) is 0 Å². The first-order chi connectivity index (χ1) is 11.9. The minimum Gasteiger partial charge on any atom is -0.400 e. The van der Waals surface area contributed by atoms with Crippen molar-refractivity contribution in [3.8, 4) is 0 Å². The number of nitrogens with zero attached hydrogens (tertiary/aromatic N) is 1. The molecule has 0 bridgehead atoms. The van der Waals surface area contributed by atoms with Gasteiger partial charge in [0.1, 0.15) is 0 Å². The zero-order chi connectivity index (χ0) is 17.9. The molecule has 136 valence electrons. The van der Waals surface area contributed by atoms with Crippen molar-refractivity contribution < 1.29 is 14.0 Å². The Bertz CT molecular complexity index is 573. The van der Waals surface area contributed by atoms with Crippen molar-refractivity contribution in [1.82, 2.24) is 4.90 Å². The van der Waals surface area contributed by atoms with Crippen LogP contribution in [0.1, 0.15) is 45.2 Å². The topological polar surface area (TPSA) is 30.9 Å². The predicted molar refractivity (Wildman–Crippen MR) is 102 cm³/mol. The predicted octanol–water partition coefficient (Wildman–Crippen LogP) is 3.55. The van der Waals surface area contributed by atoms with Crippen LogP contribution >= 0.6 is 0 Å². The quantitative estimate of drug-likeness (QED) is 0.783. The van der Waals surface area contributed by atoms with E-state index in [0.29, 0.717) is 0 Å². The van der Waals surface area contributed by atoms with E-state index in [0.717, 1.165) is 44.8 Å². The Kier molecular flexibility index (Phi) is 5.69. The van der Waals surface area contributed by atoms with Gasteiger partial charge in [-0.2, -0.15) is 0 Å². The Labute approximate surface area is 152 Å². The third-order valence-corrected chi connectivity index (χ3v) is 5.42. The number of hydrogen-bond acceptors (Lipinski definition) is 4. The van der Waals surface area contributed by atoms with Gasteiger partial charge < -0.3 is 14.0 Å². The van der Waals surface area contributed by atoms with Crippen LogP contribution in [0.2, 0.25) is 0 Å². The molecule has 3 rings (SSSR count). The van der Waals surface area contributed by atoms with Gasteiger partial charge in [0.15, 0.2) is 0 Å². The average Bonchev–Trinajstić information content (AvgIpc) is 2.74. The van der Waals surface area contributed by atoms with Gasteiger partial charge in [0.05, 0.1) is 17.8 Å². The van der Waals surface area contributed by atoms with Crippen molar-refractivity contribution in [1.29, 1.82) is 0 Å². The van der Waals surface area contributed by atoms with Crippen molar-refractivity contribution in [2.75, 3.05) is 26.3 Å². The molecule has 2 aliphatic rings. The van der Waals surface area contributed by atoms with Crippen LogP contribution in [0.25, 0.3) is 6.08 Å². The highest BCUT2D eigenvalue weighted by molar-refractivity contribution is 6.52. The molecule has 0 spiro atoms. The van der Waals surface area contributed by atoms with Gasteiger partial charge in [-0.25, -0.2) is 0 Å². The van der Waals surface area contributed by atoms with E-state index >= 15 is 0 Å². The normalized spacial score (nSPS) is 23.9. The molecule has 0 amide bonds. The lowest BCUT2D eigenvalue weighted by atomic mass is 9.89. The third-order valence-electron chi connectivity index (χ3n) is 5.42. The molecule has 0 aliphatic carbocycles. The van der Waals surface area contributed by atoms with Crippen LogP contribution in [-0.4, -0.2) is 49.5 Å². The Hall–Kier alpha value is -1.14. The number of rotatable bonds is 4. The zero-order valence-electron chi connectivity index (χ0n) is 16.0. The molecular formula is C20H30BNO3. The van der Waals surface area contributed by atoms with Gasteiger partial charge in [0, 0.05) is 26.2 Å². The Morgan fingerprint density at radius 3 is 2.36 bits per heavy atom. The fourth-order valence-electron chi connectivity index (χ4n) is 3.11. The lowest BCUT2D eigenvalue weighted by molar-refractivity contribution is 0.00578. The fraction of sp³-hybridized carbons (Fsp3) is 0.600. The molecular weight excluding hydrogens is 313 g/mol. The molecule has 5 heteroatoms. The standard InChI is InChI=1S/C20H30BNO3/c1-19(2)20(3,4)25-21(24-19)11-10-17-6-8-18(9-7-17)16-22-12-5-14-23-15-13-22/h6-11H,5,12-16H2,1-4H3. The first kappa shape index (κ1) is 18.6. The smallest absolute Gasteiger partial charge is 0.400 e. The minimum atomic E-state index is -0.290. The van der Waals surface area contributed by atoms with Crippen molar-refractivity contribution in [3.05, 3.63) is 41.4 Å². The fourth-order valence-corrected chi connectivity index (χ4v) is 3.11. The number of ether oxygens (including phenoxy) is 1. The molecule has 25 heavy (non-hydrogen) atoms. The number of hydrogen-bond donors (Lipinski definition) is 0. The monoisotopic (exact) mass is 343 g/mol. The van der Waals surface area contributed by atoms with E-state index in [4.69, 9.17) is 14.0 Å². The number of benzene rings is 1. The van der Waals surface area contributed by atoms with Gasteiger partial charge in [0.2, 0.25) is 0 Å². The zero-order valence-corrected chi connectivity index (χ0v) is 16.0. The van der Waals surface area contributed by atoms with Gasteiger partial charge in [-0.05, 0) is 45.2 Å². The van der Waals surface area contributed by atoms with Crippen LogP contribution in [0, 0.1) is 0 Å². The summed E-state index contributed by atoms with van der Waals surface area (Å²) in [6.07, 6.45) is 3.20. The molecule has 1 aromatic carbocycles. The first-order valence-corrected chi connectivity index (χ1v) is 9.29. The van der Waals surface area contributed by atoms with Crippen LogP contribution in [0.3, 0.4) is 0 Å². The summed E-state index contributed by atoms with van der Waals surface area (Å²) in [4.78, 5) is 2.46. The van der Waals surface area contributed by atoms with E-state index in [-0.39, 0.29) is 18.3 Å². The highest BCUT2D eigenvalue weighted by Crippen LogP contribution is 2.37. The molecule has 2 fully saturated rings. The van der Waals surface area contributed by atoms with Crippen molar-refractivity contribution >= 4 is 13.2 Å². The van der Waals surface area contributed by atoms with Crippen molar-refractivity contribution in [3.63, 3.8) is 0 Å². The van der Waals surface area contributed by atoms with Crippen LogP contribution in [-0.2, 0) is 20.6 Å². The van der Waals surface area contributed by atoms with E-state index in [1.54, 1.807) is 0 Å². The lowest BCUT2D eigenvalue weighted by Crippen LogP contribution is -2.41. The maximum absolute atomic E-state index is 5.99. The summed E-state index contributed by atoms with van der Waals surface area (Å²) in [5, 5.41) is 0. The summed E-state index contributed by atoms with van der Waals surface area (Å²) in [5.74, 6) is 2.00. The molecule has 0 atom stereocenters. The molecule has 2 heterocycles. The molecule has 0 unspecified atom stereocenters. The minimum absolute atomic E-state index is 0.289. The Morgan fingerprint density at radius 1 is 1.00 bits per heavy atom. The van der Waals surface area contributed by atoms with Gasteiger partial charge in [-0.1, -0.05) is 36.3 Å². The van der Waals surface area contributed by atoms with Gasteiger partial charge in [-0.3, -0.25) is 4.90 Å². The highest BCUT2D eigenvalue weighted by Gasteiger charge is 2.49. The summed E-state index contributed by atoms with van der Waals surface area (Å²) in [6, 6.07) is 8.72. The molecule has 2 saturated heterocycles. The second kappa shape index (κ2) is 7.62. The molecule has 0 saturated carbocycles. The van der Waals surface area contributed by atoms with Gasteiger partial charge in [0.25, 0.3) is 0 Å². The lowest BCUT2D eigenvalue weighted by Gasteiger charge is -2.32. The van der Waals surface area contributed by atoms with E-state index in [1.807, 2.05) is 5.98 Å². The van der Waals surface area contributed by atoms with Crippen LogP contribution in [0.15, 0.2) is 30.2 Å². The molecule has 2 aliphatic heterocycles.